The normalized spacial score (nSPS) is 21.7. The predicted octanol–water partition coefficient (Wildman–Crippen LogP) is 1.23. The second-order valence-electron chi connectivity index (χ2n) is 5.25. The number of hydrogen-bond acceptors (Lipinski definition) is 5. The SMILES string of the molecule is CCCCCCOC(=O)CN(C)[C@H]1CCS(=O)(=O)C1. The third kappa shape index (κ3) is 6.38. The average molecular weight is 291 g/mol. The van der Waals surface area contributed by atoms with Crippen LogP contribution in [0.2, 0.25) is 0 Å². The van der Waals surface area contributed by atoms with Crippen LogP contribution >= 0.6 is 0 Å². The summed E-state index contributed by atoms with van der Waals surface area (Å²) in [5.74, 6) is 0.129. The molecule has 0 saturated carbocycles. The molecule has 0 bridgehead atoms. The van der Waals surface area contributed by atoms with Crippen molar-refractivity contribution in [1.29, 1.82) is 0 Å². The number of sulfone groups is 1. The van der Waals surface area contributed by atoms with Gasteiger partial charge in [0.25, 0.3) is 0 Å². The molecule has 0 radical (unpaired) electrons. The highest BCUT2D eigenvalue weighted by molar-refractivity contribution is 7.91. The minimum atomic E-state index is -2.90. The molecule has 0 amide bonds. The van der Waals surface area contributed by atoms with Crippen LogP contribution in [0.25, 0.3) is 0 Å². The van der Waals surface area contributed by atoms with Crippen LogP contribution in [0.5, 0.6) is 0 Å². The molecule has 19 heavy (non-hydrogen) atoms. The molecule has 1 heterocycles. The van der Waals surface area contributed by atoms with Crippen LogP contribution in [0, 0.1) is 0 Å². The number of nitrogens with zero attached hydrogens (tertiary/aromatic N) is 1. The number of hydrogen-bond donors (Lipinski definition) is 0. The number of unbranched alkanes of at least 4 members (excludes halogenated alkanes) is 3. The van der Waals surface area contributed by atoms with Crippen LogP contribution in [0.1, 0.15) is 39.0 Å². The highest BCUT2D eigenvalue weighted by Crippen LogP contribution is 2.16. The maximum absolute atomic E-state index is 11.6. The predicted molar refractivity (Wildman–Crippen MR) is 74.8 cm³/mol. The molecule has 0 aromatic rings. The topological polar surface area (TPSA) is 63.7 Å². The Morgan fingerprint density at radius 1 is 1.32 bits per heavy atom. The first-order valence-electron chi connectivity index (χ1n) is 7.01. The molecule has 1 aliphatic heterocycles. The summed E-state index contributed by atoms with van der Waals surface area (Å²) < 4.78 is 27.9. The number of carbonyl (C=O) groups is 1. The van der Waals surface area contributed by atoms with E-state index in [4.69, 9.17) is 4.74 Å². The number of rotatable bonds is 8. The molecule has 0 aromatic carbocycles. The van der Waals surface area contributed by atoms with E-state index in [2.05, 4.69) is 6.92 Å². The van der Waals surface area contributed by atoms with Gasteiger partial charge in [-0.25, -0.2) is 8.42 Å². The minimum absolute atomic E-state index is 0.0439. The van der Waals surface area contributed by atoms with Gasteiger partial charge in [-0.2, -0.15) is 0 Å². The second-order valence-corrected chi connectivity index (χ2v) is 7.48. The van der Waals surface area contributed by atoms with E-state index in [0.717, 1.165) is 25.7 Å². The van der Waals surface area contributed by atoms with Crippen molar-refractivity contribution in [2.45, 2.75) is 45.1 Å². The van der Waals surface area contributed by atoms with E-state index in [-0.39, 0.29) is 30.1 Å². The van der Waals surface area contributed by atoms with Crippen molar-refractivity contribution in [2.75, 3.05) is 31.7 Å². The Labute approximate surface area is 116 Å². The lowest BCUT2D eigenvalue weighted by Gasteiger charge is -2.21. The van der Waals surface area contributed by atoms with Gasteiger partial charge in [0.1, 0.15) is 0 Å². The Balaban J connectivity index is 2.18. The second kappa shape index (κ2) is 7.85. The molecule has 1 fully saturated rings. The van der Waals surface area contributed by atoms with Crippen LogP contribution in [-0.2, 0) is 19.4 Å². The standard InChI is InChI=1S/C13H25NO4S/c1-3-4-5-6-8-18-13(15)10-14(2)12-7-9-19(16,17)11-12/h12H,3-11H2,1-2H3/t12-/m0/s1. The number of ether oxygens (including phenoxy) is 1. The van der Waals surface area contributed by atoms with Crippen LogP contribution in [-0.4, -0.2) is 57.0 Å². The van der Waals surface area contributed by atoms with Gasteiger partial charge in [-0.1, -0.05) is 26.2 Å². The lowest BCUT2D eigenvalue weighted by Crippen LogP contribution is -2.37. The molecular formula is C13H25NO4S. The molecule has 0 spiro atoms. The summed E-state index contributed by atoms with van der Waals surface area (Å²) in [5, 5.41) is 0. The molecule has 0 aliphatic carbocycles. The first kappa shape index (κ1) is 16.4. The summed E-state index contributed by atoms with van der Waals surface area (Å²) in [6.45, 7) is 2.78. The van der Waals surface area contributed by atoms with E-state index in [1.165, 1.54) is 0 Å². The largest absolute Gasteiger partial charge is 0.465 e. The summed E-state index contributed by atoms with van der Waals surface area (Å²) in [5.41, 5.74) is 0. The molecule has 6 heteroatoms. The lowest BCUT2D eigenvalue weighted by molar-refractivity contribution is -0.145. The Morgan fingerprint density at radius 2 is 2.05 bits per heavy atom. The molecule has 112 valence electrons. The fourth-order valence-corrected chi connectivity index (χ4v) is 4.02. The first-order valence-corrected chi connectivity index (χ1v) is 8.83. The monoisotopic (exact) mass is 291 g/mol. The van der Waals surface area contributed by atoms with Crippen molar-refractivity contribution >= 4 is 15.8 Å². The van der Waals surface area contributed by atoms with Crippen molar-refractivity contribution < 1.29 is 17.9 Å². The molecule has 1 rings (SSSR count). The summed E-state index contributed by atoms with van der Waals surface area (Å²) in [4.78, 5) is 13.4. The molecular weight excluding hydrogens is 266 g/mol. The smallest absolute Gasteiger partial charge is 0.320 e. The number of esters is 1. The maximum atomic E-state index is 11.6. The van der Waals surface area contributed by atoms with Gasteiger partial charge in [0.05, 0.1) is 24.7 Å². The van der Waals surface area contributed by atoms with Crippen LogP contribution in [0.4, 0.5) is 0 Å². The molecule has 1 atom stereocenters. The molecule has 1 aliphatic rings. The zero-order valence-electron chi connectivity index (χ0n) is 11.9. The van der Waals surface area contributed by atoms with Gasteiger partial charge >= 0.3 is 5.97 Å². The van der Waals surface area contributed by atoms with Gasteiger partial charge in [0, 0.05) is 6.04 Å². The molecule has 5 nitrogen and oxygen atoms in total. The van der Waals surface area contributed by atoms with Crippen molar-refractivity contribution in [2.24, 2.45) is 0 Å². The zero-order valence-corrected chi connectivity index (χ0v) is 12.7. The van der Waals surface area contributed by atoms with Gasteiger partial charge in [-0.05, 0) is 19.9 Å². The van der Waals surface area contributed by atoms with Gasteiger partial charge in [0.2, 0.25) is 0 Å². The van der Waals surface area contributed by atoms with Crippen LogP contribution < -0.4 is 0 Å². The lowest BCUT2D eigenvalue weighted by atomic mass is 10.2. The Bertz CT molecular complexity index is 380. The molecule has 0 aromatic heterocycles. The van der Waals surface area contributed by atoms with E-state index < -0.39 is 9.84 Å². The van der Waals surface area contributed by atoms with Crippen molar-refractivity contribution in [3.05, 3.63) is 0 Å². The minimum Gasteiger partial charge on any atom is -0.465 e. The summed E-state index contributed by atoms with van der Waals surface area (Å²) in [7, 11) is -1.12. The van der Waals surface area contributed by atoms with E-state index in [1.54, 1.807) is 11.9 Å². The van der Waals surface area contributed by atoms with E-state index in [9.17, 15) is 13.2 Å². The average Bonchev–Trinajstić information content (AvgIpc) is 2.69. The van der Waals surface area contributed by atoms with Gasteiger partial charge in [-0.15, -0.1) is 0 Å². The molecule has 0 unspecified atom stereocenters. The molecule has 1 saturated heterocycles. The zero-order chi connectivity index (χ0) is 14.3. The van der Waals surface area contributed by atoms with Gasteiger partial charge in [-0.3, -0.25) is 9.69 Å². The number of likely N-dealkylation sites (N-methyl/N-ethyl adjacent to an activating group) is 1. The Morgan fingerprint density at radius 3 is 2.63 bits per heavy atom. The summed E-state index contributed by atoms with van der Waals surface area (Å²) in [6.07, 6.45) is 4.93. The highest BCUT2D eigenvalue weighted by Gasteiger charge is 2.31. The first-order chi connectivity index (χ1) is 8.94. The third-order valence-corrected chi connectivity index (χ3v) is 5.22. The fourth-order valence-electron chi connectivity index (χ4n) is 2.22. The van der Waals surface area contributed by atoms with Gasteiger partial charge in [0.15, 0.2) is 9.84 Å². The number of carbonyl (C=O) groups excluding carboxylic acids is 1. The molecule has 0 N–H and O–H groups in total. The fraction of sp³-hybridized carbons (Fsp3) is 0.923. The third-order valence-electron chi connectivity index (χ3n) is 3.47. The summed E-state index contributed by atoms with van der Waals surface area (Å²) >= 11 is 0. The quantitative estimate of drug-likeness (QED) is 0.497. The van der Waals surface area contributed by atoms with E-state index in [0.29, 0.717) is 13.0 Å². The highest BCUT2D eigenvalue weighted by atomic mass is 32.2. The van der Waals surface area contributed by atoms with E-state index in [1.807, 2.05) is 0 Å². The maximum Gasteiger partial charge on any atom is 0.320 e. The Kier molecular flexibility index (Phi) is 6.79. The van der Waals surface area contributed by atoms with Crippen molar-refractivity contribution in [1.82, 2.24) is 4.90 Å². The van der Waals surface area contributed by atoms with Crippen molar-refractivity contribution in [3.63, 3.8) is 0 Å². The van der Waals surface area contributed by atoms with Gasteiger partial charge < -0.3 is 4.74 Å². The van der Waals surface area contributed by atoms with Crippen LogP contribution in [0.15, 0.2) is 0 Å². The van der Waals surface area contributed by atoms with E-state index >= 15 is 0 Å². The van der Waals surface area contributed by atoms with Crippen LogP contribution in [0.3, 0.4) is 0 Å². The van der Waals surface area contributed by atoms with Crippen molar-refractivity contribution in [3.8, 4) is 0 Å². The summed E-state index contributed by atoms with van der Waals surface area (Å²) in [6, 6.07) is -0.0439. The Hall–Kier alpha value is -0.620.